The van der Waals surface area contributed by atoms with Crippen LogP contribution in [0.15, 0.2) is 61.1 Å². The van der Waals surface area contributed by atoms with Crippen molar-refractivity contribution in [2.45, 2.75) is 52.2 Å². The molecule has 7 heteroatoms. The van der Waals surface area contributed by atoms with E-state index in [4.69, 9.17) is 0 Å². The molecule has 174 valence electrons. The molecule has 3 N–H and O–H groups in total. The number of carbonyl (C=O) groups is 2. The predicted molar refractivity (Wildman–Crippen MR) is 127 cm³/mol. The second-order valence-electron chi connectivity index (χ2n) is 8.75. The monoisotopic (exact) mass is 449 g/mol. The van der Waals surface area contributed by atoms with Gasteiger partial charge in [-0.3, -0.25) is 14.9 Å². The van der Waals surface area contributed by atoms with Crippen LogP contribution in [0.25, 0.3) is 11.1 Å². The zero-order chi connectivity index (χ0) is 24.0. The minimum atomic E-state index is -1.08. The lowest BCUT2D eigenvalue weighted by atomic mass is 9.96. The minimum Gasteiger partial charge on any atom is -0.480 e. The summed E-state index contributed by atoms with van der Waals surface area (Å²) in [4.78, 5) is 27.8. The summed E-state index contributed by atoms with van der Waals surface area (Å²) >= 11 is 0. The smallest absolute Gasteiger partial charge is 0.321 e. The summed E-state index contributed by atoms with van der Waals surface area (Å²) in [6.07, 6.45) is 3.82. The third kappa shape index (κ3) is 6.29. The summed E-state index contributed by atoms with van der Waals surface area (Å²) < 4.78 is 1.92. The summed E-state index contributed by atoms with van der Waals surface area (Å²) in [6, 6.07) is 14.4. The van der Waals surface area contributed by atoms with Crippen LogP contribution in [0.2, 0.25) is 0 Å². The maximum absolute atomic E-state index is 11.9. The molecule has 0 radical (unpaired) electrons. The number of benzene rings is 2. The summed E-state index contributed by atoms with van der Waals surface area (Å²) in [7, 11) is 0. The SMILES string of the molecule is Cc1c(Cn2cncc2C[C@H](NC(CC(C)C)C(=O)O)C(=O)O)cccc1-c1ccccc1. The Morgan fingerprint density at radius 2 is 1.70 bits per heavy atom. The van der Waals surface area contributed by atoms with Crippen LogP contribution in [0.1, 0.15) is 37.1 Å². The Labute approximate surface area is 194 Å². The highest BCUT2D eigenvalue weighted by atomic mass is 16.4. The van der Waals surface area contributed by atoms with Gasteiger partial charge in [0.15, 0.2) is 0 Å². The van der Waals surface area contributed by atoms with Gasteiger partial charge in [0.05, 0.1) is 6.33 Å². The molecule has 7 nitrogen and oxygen atoms in total. The van der Waals surface area contributed by atoms with Crippen LogP contribution in [0.4, 0.5) is 0 Å². The number of imidazole rings is 1. The van der Waals surface area contributed by atoms with Crippen molar-refractivity contribution in [2.75, 3.05) is 0 Å². The van der Waals surface area contributed by atoms with E-state index in [0.29, 0.717) is 13.0 Å². The molecule has 0 aliphatic carbocycles. The third-order valence-corrected chi connectivity index (χ3v) is 5.79. The van der Waals surface area contributed by atoms with Crippen molar-refractivity contribution in [1.29, 1.82) is 0 Å². The average molecular weight is 450 g/mol. The van der Waals surface area contributed by atoms with Crippen molar-refractivity contribution < 1.29 is 19.8 Å². The van der Waals surface area contributed by atoms with E-state index < -0.39 is 24.0 Å². The van der Waals surface area contributed by atoms with Crippen molar-refractivity contribution in [3.8, 4) is 11.1 Å². The Bertz CT molecular complexity index is 1090. The number of hydrogen-bond acceptors (Lipinski definition) is 4. The molecular formula is C26H31N3O4. The van der Waals surface area contributed by atoms with Gasteiger partial charge in [-0.1, -0.05) is 62.4 Å². The molecule has 1 heterocycles. The highest BCUT2D eigenvalue weighted by molar-refractivity contribution is 5.77. The van der Waals surface area contributed by atoms with Crippen LogP contribution in [-0.4, -0.2) is 43.8 Å². The molecule has 0 spiro atoms. The van der Waals surface area contributed by atoms with E-state index in [1.807, 2.05) is 42.7 Å². The van der Waals surface area contributed by atoms with Gasteiger partial charge in [0.1, 0.15) is 12.1 Å². The highest BCUT2D eigenvalue weighted by Gasteiger charge is 2.27. The van der Waals surface area contributed by atoms with Crippen LogP contribution < -0.4 is 5.32 Å². The van der Waals surface area contributed by atoms with Gasteiger partial charge >= 0.3 is 11.9 Å². The molecular weight excluding hydrogens is 418 g/mol. The van der Waals surface area contributed by atoms with Gasteiger partial charge in [-0.25, -0.2) is 4.98 Å². The van der Waals surface area contributed by atoms with E-state index in [2.05, 4.69) is 41.5 Å². The van der Waals surface area contributed by atoms with Gasteiger partial charge in [-0.15, -0.1) is 0 Å². The Morgan fingerprint density at radius 1 is 1.00 bits per heavy atom. The molecule has 2 aromatic carbocycles. The van der Waals surface area contributed by atoms with Crippen LogP contribution in [0, 0.1) is 12.8 Å². The summed E-state index contributed by atoms with van der Waals surface area (Å²) in [5, 5.41) is 22.1. The van der Waals surface area contributed by atoms with Gasteiger partial charge in [0.2, 0.25) is 0 Å². The zero-order valence-electron chi connectivity index (χ0n) is 19.2. The average Bonchev–Trinajstić information content (AvgIpc) is 3.20. The molecule has 2 atom stereocenters. The van der Waals surface area contributed by atoms with E-state index in [1.54, 1.807) is 12.5 Å². The van der Waals surface area contributed by atoms with E-state index in [-0.39, 0.29) is 12.3 Å². The molecule has 0 amide bonds. The first-order valence-electron chi connectivity index (χ1n) is 11.1. The third-order valence-electron chi connectivity index (χ3n) is 5.79. The molecule has 3 aromatic rings. The van der Waals surface area contributed by atoms with Crippen molar-refractivity contribution >= 4 is 11.9 Å². The quantitative estimate of drug-likeness (QED) is 0.409. The van der Waals surface area contributed by atoms with Gasteiger partial charge in [-0.2, -0.15) is 0 Å². The Morgan fingerprint density at radius 3 is 2.33 bits per heavy atom. The molecule has 1 aromatic heterocycles. The van der Waals surface area contributed by atoms with Gasteiger partial charge in [-0.05, 0) is 41.5 Å². The molecule has 0 saturated carbocycles. The van der Waals surface area contributed by atoms with E-state index in [0.717, 1.165) is 27.9 Å². The molecule has 0 aliphatic heterocycles. The highest BCUT2D eigenvalue weighted by Crippen LogP contribution is 2.26. The normalized spacial score (nSPS) is 13.1. The molecule has 0 aliphatic rings. The number of nitrogens with one attached hydrogen (secondary N) is 1. The van der Waals surface area contributed by atoms with Crippen molar-refractivity contribution in [3.05, 3.63) is 77.9 Å². The minimum absolute atomic E-state index is 0.124. The van der Waals surface area contributed by atoms with Crippen molar-refractivity contribution in [1.82, 2.24) is 14.9 Å². The van der Waals surface area contributed by atoms with Crippen LogP contribution in [0.3, 0.4) is 0 Å². The Hall–Kier alpha value is -3.45. The van der Waals surface area contributed by atoms with Crippen LogP contribution >= 0.6 is 0 Å². The predicted octanol–water partition coefficient (Wildman–Crippen LogP) is 3.99. The number of rotatable bonds is 11. The van der Waals surface area contributed by atoms with Gasteiger partial charge < -0.3 is 14.8 Å². The number of hydrogen-bond donors (Lipinski definition) is 3. The maximum Gasteiger partial charge on any atom is 0.321 e. The van der Waals surface area contributed by atoms with Crippen LogP contribution in [-0.2, 0) is 22.6 Å². The molecule has 0 bridgehead atoms. The largest absolute Gasteiger partial charge is 0.480 e. The zero-order valence-corrected chi connectivity index (χ0v) is 19.2. The van der Waals surface area contributed by atoms with E-state index >= 15 is 0 Å². The maximum atomic E-state index is 11.9. The first kappa shape index (κ1) is 24.2. The fourth-order valence-corrected chi connectivity index (χ4v) is 4.01. The first-order chi connectivity index (χ1) is 15.8. The number of aliphatic carboxylic acids is 2. The first-order valence-corrected chi connectivity index (χ1v) is 11.1. The summed E-state index contributed by atoms with van der Waals surface area (Å²) in [5.74, 6) is -2.00. The second kappa shape index (κ2) is 10.9. The Balaban J connectivity index is 1.81. The molecule has 33 heavy (non-hydrogen) atoms. The lowest BCUT2D eigenvalue weighted by molar-refractivity contribution is -0.142. The summed E-state index contributed by atoms with van der Waals surface area (Å²) in [5.41, 5.74) is 5.28. The van der Waals surface area contributed by atoms with Gasteiger partial charge in [0, 0.05) is 24.9 Å². The molecule has 0 fully saturated rings. The molecule has 3 rings (SSSR count). The second-order valence-corrected chi connectivity index (χ2v) is 8.75. The number of aromatic nitrogens is 2. The fraction of sp³-hybridized carbons (Fsp3) is 0.346. The number of nitrogens with zero attached hydrogens (tertiary/aromatic N) is 2. The van der Waals surface area contributed by atoms with Crippen molar-refractivity contribution in [2.24, 2.45) is 5.92 Å². The molecule has 0 saturated heterocycles. The van der Waals surface area contributed by atoms with E-state index in [9.17, 15) is 19.8 Å². The Kier molecular flexibility index (Phi) is 8.01. The lowest BCUT2D eigenvalue weighted by Gasteiger charge is -2.22. The van der Waals surface area contributed by atoms with E-state index in [1.165, 1.54) is 0 Å². The number of carboxylic acids is 2. The molecule has 1 unspecified atom stereocenters. The van der Waals surface area contributed by atoms with Crippen molar-refractivity contribution in [3.63, 3.8) is 0 Å². The topological polar surface area (TPSA) is 104 Å². The standard InChI is InChI=1S/C26H31N3O4/c1-17(2)12-23(25(30)31)28-24(26(32)33)13-21-14-27-16-29(21)15-20-10-7-11-22(18(20)3)19-8-5-4-6-9-19/h4-11,14,16-17,23-24,28H,12-13,15H2,1-3H3,(H,30,31)(H,32,33)/t23?,24-/m0/s1. The fourth-order valence-electron chi connectivity index (χ4n) is 4.01. The number of carboxylic acid groups (broad SMARTS) is 2. The summed E-state index contributed by atoms with van der Waals surface area (Å²) in [6.45, 7) is 6.45. The van der Waals surface area contributed by atoms with Gasteiger partial charge in [0.25, 0.3) is 0 Å². The lowest BCUT2D eigenvalue weighted by Crippen LogP contribution is -2.49. The van der Waals surface area contributed by atoms with Crippen LogP contribution in [0.5, 0.6) is 0 Å².